The first-order chi connectivity index (χ1) is 17.8. The van der Waals surface area contributed by atoms with Crippen molar-refractivity contribution < 1.29 is 22.7 Å². The second kappa shape index (κ2) is 10.8. The molecule has 7 heteroatoms. The van der Waals surface area contributed by atoms with Gasteiger partial charge in [0.15, 0.2) is 0 Å². The summed E-state index contributed by atoms with van der Waals surface area (Å²) in [5.41, 5.74) is 2.48. The predicted octanol–water partition coefficient (Wildman–Crippen LogP) is 7.77. The number of benzene rings is 3. The molecule has 1 amide bonds. The molecule has 37 heavy (non-hydrogen) atoms. The lowest BCUT2D eigenvalue weighted by atomic mass is 9.98. The Balaban J connectivity index is 1.20. The van der Waals surface area contributed by atoms with E-state index < -0.39 is 11.7 Å². The number of thioether (sulfide) groups is 1. The zero-order valence-corrected chi connectivity index (χ0v) is 21.5. The van der Waals surface area contributed by atoms with Crippen LogP contribution < -0.4 is 4.74 Å². The molecule has 194 valence electrons. The number of hydrogen-bond donors (Lipinski definition) is 0. The molecule has 3 aromatic rings. The number of carbonyl (C=O) groups excluding carboxylic acids is 1. The molecule has 2 heterocycles. The molecule has 0 N–H and O–H groups in total. The van der Waals surface area contributed by atoms with Gasteiger partial charge in [0.05, 0.1) is 5.56 Å². The molecule has 0 saturated carbocycles. The maximum absolute atomic E-state index is 13.4. The molecular weight excluding hydrogens is 495 g/mol. The van der Waals surface area contributed by atoms with E-state index in [4.69, 9.17) is 4.74 Å². The van der Waals surface area contributed by atoms with Crippen LogP contribution in [0.1, 0.15) is 59.7 Å². The number of rotatable bonds is 7. The molecule has 0 radical (unpaired) electrons. The van der Waals surface area contributed by atoms with Gasteiger partial charge in [-0.2, -0.15) is 13.2 Å². The smallest absolute Gasteiger partial charge is 0.416 e. The van der Waals surface area contributed by atoms with Crippen molar-refractivity contribution in [2.24, 2.45) is 0 Å². The Labute approximate surface area is 220 Å². The highest BCUT2D eigenvalue weighted by Gasteiger charge is 2.44. The topological polar surface area (TPSA) is 29.5 Å². The van der Waals surface area contributed by atoms with Crippen LogP contribution in [-0.2, 0) is 18.3 Å². The Bertz CT molecular complexity index is 1230. The molecule has 2 unspecified atom stereocenters. The maximum Gasteiger partial charge on any atom is 0.416 e. The standard InChI is InChI=1S/C30H30F3NO2S/c1-2-21-6-3-4-9-28(21)37-19-20-10-12-22(13-11-20)29(35)34-24-14-15-25(34)18-27(17-24)36-26-8-5-7-23(16-26)30(31,32)33/h3-13,16,24-25,27H,2,14-15,17-19H2,1H3. The molecule has 2 aliphatic rings. The highest BCUT2D eigenvalue weighted by atomic mass is 32.2. The average molecular weight is 526 g/mol. The normalized spacial score (nSPS) is 21.2. The highest BCUT2D eigenvalue weighted by Crippen LogP contribution is 2.39. The number of piperidine rings is 1. The van der Waals surface area contributed by atoms with Gasteiger partial charge in [0.1, 0.15) is 11.9 Å². The average Bonchev–Trinajstić information content (AvgIpc) is 3.17. The third-order valence-corrected chi connectivity index (χ3v) is 8.52. The Morgan fingerprint density at radius 1 is 0.973 bits per heavy atom. The van der Waals surface area contributed by atoms with Crippen LogP contribution in [0.2, 0.25) is 0 Å². The molecule has 2 atom stereocenters. The lowest BCUT2D eigenvalue weighted by Gasteiger charge is -2.39. The number of halogens is 3. The van der Waals surface area contributed by atoms with Gasteiger partial charge in [-0.3, -0.25) is 4.79 Å². The lowest BCUT2D eigenvalue weighted by molar-refractivity contribution is -0.137. The molecule has 2 aliphatic heterocycles. The molecule has 2 bridgehead atoms. The molecule has 3 nitrogen and oxygen atoms in total. The fraction of sp³-hybridized carbons (Fsp3) is 0.367. The van der Waals surface area contributed by atoms with Crippen LogP contribution in [0.3, 0.4) is 0 Å². The van der Waals surface area contributed by atoms with Gasteiger partial charge in [-0.1, -0.05) is 43.3 Å². The van der Waals surface area contributed by atoms with Gasteiger partial charge in [-0.25, -0.2) is 0 Å². The molecular formula is C30H30F3NO2S. The number of amides is 1. The Kier molecular flexibility index (Phi) is 7.52. The van der Waals surface area contributed by atoms with Gasteiger partial charge in [0, 0.05) is 41.1 Å². The molecule has 2 fully saturated rings. The van der Waals surface area contributed by atoms with E-state index in [0.717, 1.165) is 37.1 Å². The minimum Gasteiger partial charge on any atom is -0.490 e. The largest absolute Gasteiger partial charge is 0.490 e. The van der Waals surface area contributed by atoms with E-state index in [1.807, 2.05) is 40.9 Å². The summed E-state index contributed by atoms with van der Waals surface area (Å²) < 4.78 is 45.1. The van der Waals surface area contributed by atoms with E-state index in [-0.39, 0.29) is 29.8 Å². The minimum atomic E-state index is -4.40. The molecule has 5 rings (SSSR count). The van der Waals surface area contributed by atoms with Crippen molar-refractivity contribution in [3.8, 4) is 5.75 Å². The van der Waals surface area contributed by atoms with Crippen molar-refractivity contribution in [3.05, 3.63) is 95.1 Å². The number of aryl methyl sites for hydroxylation is 1. The SMILES string of the molecule is CCc1ccccc1SCc1ccc(C(=O)N2C3CCC2CC(Oc2cccc(C(F)(F)F)c2)C3)cc1. The van der Waals surface area contributed by atoms with Gasteiger partial charge in [-0.05, 0) is 66.8 Å². The Hall–Kier alpha value is -2.93. The van der Waals surface area contributed by atoms with E-state index >= 15 is 0 Å². The molecule has 0 aliphatic carbocycles. The Morgan fingerprint density at radius 2 is 1.68 bits per heavy atom. The van der Waals surface area contributed by atoms with Crippen LogP contribution in [0.15, 0.2) is 77.7 Å². The summed E-state index contributed by atoms with van der Waals surface area (Å²) in [6.07, 6.45) is -0.554. The summed E-state index contributed by atoms with van der Waals surface area (Å²) in [5, 5.41) is 0. The summed E-state index contributed by atoms with van der Waals surface area (Å²) in [4.78, 5) is 16.7. The number of fused-ring (bicyclic) bond motifs is 2. The van der Waals surface area contributed by atoms with Crippen LogP contribution in [0.25, 0.3) is 0 Å². The van der Waals surface area contributed by atoms with Crippen LogP contribution in [0.4, 0.5) is 13.2 Å². The third-order valence-electron chi connectivity index (χ3n) is 7.34. The van der Waals surface area contributed by atoms with E-state index in [0.29, 0.717) is 18.4 Å². The first kappa shape index (κ1) is 25.7. The minimum absolute atomic E-state index is 0.0283. The Morgan fingerprint density at radius 3 is 2.35 bits per heavy atom. The first-order valence-corrected chi connectivity index (χ1v) is 13.8. The van der Waals surface area contributed by atoms with E-state index in [1.54, 1.807) is 6.07 Å². The predicted molar refractivity (Wildman–Crippen MR) is 140 cm³/mol. The fourth-order valence-electron chi connectivity index (χ4n) is 5.48. The van der Waals surface area contributed by atoms with Crippen molar-refractivity contribution in [2.45, 2.75) is 74.0 Å². The zero-order valence-electron chi connectivity index (χ0n) is 20.7. The molecule has 3 aromatic carbocycles. The molecule has 0 spiro atoms. The molecule has 0 aromatic heterocycles. The number of nitrogens with zero attached hydrogens (tertiary/aromatic N) is 1. The fourth-order valence-corrected chi connectivity index (χ4v) is 6.57. The summed E-state index contributed by atoms with van der Waals surface area (Å²) in [5.74, 6) is 1.10. The van der Waals surface area contributed by atoms with E-state index in [1.165, 1.54) is 22.1 Å². The van der Waals surface area contributed by atoms with Crippen molar-refractivity contribution in [2.75, 3.05) is 0 Å². The number of carbonyl (C=O) groups is 1. The molecule has 2 saturated heterocycles. The van der Waals surface area contributed by atoms with Gasteiger partial charge in [-0.15, -0.1) is 11.8 Å². The summed E-state index contributed by atoms with van der Waals surface area (Å²) in [6.45, 7) is 2.16. The second-order valence-corrected chi connectivity index (χ2v) is 10.8. The van der Waals surface area contributed by atoms with Crippen molar-refractivity contribution in [1.29, 1.82) is 0 Å². The van der Waals surface area contributed by atoms with Crippen molar-refractivity contribution in [3.63, 3.8) is 0 Å². The van der Waals surface area contributed by atoms with Crippen molar-refractivity contribution in [1.82, 2.24) is 4.90 Å². The van der Waals surface area contributed by atoms with Gasteiger partial charge in [0.2, 0.25) is 0 Å². The van der Waals surface area contributed by atoms with E-state index in [2.05, 4.69) is 31.2 Å². The maximum atomic E-state index is 13.4. The van der Waals surface area contributed by atoms with Gasteiger partial charge in [0.25, 0.3) is 5.91 Å². The number of alkyl halides is 3. The van der Waals surface area contributed by atoms with Gasteiger partial charge >= 0.3 is 6.18 Å². The number of ether oxygens (including phenoxy) is 1. The second-order valence-electron chi connectivity index (χ2n) is 9.78. The zero-order chi connectivity index (χ0) is 26.0. The quantitative estimate of drug-likeness (QED) is 0.295. The van der Waals surface area contributed by atoms with E-state index in [9.17, 15) is 18.0 Å². The first-order valence-electron chi connectivity index (χ1n) is 12.8. The summed E-state index contributed by atoms with van der Waals surface area (Å²) in [6, 6.07) is 21.4. The lowest BCUT2D eigenvalue weighted by Crippen LogP contribution is -2.49. The van der Waals surface area contributed by atoms with Crippen LogP contribution >= 0.6 is 11.8 Å². The van der Waals surface area contributed by atoms with Crippen molar-refractivity contribution >= 4 is 17.7 Å². The van der Waals surface area contributed by atoms with Crippen LogP contribution in [0, 0.1) is 0 Å². The highest BCUT2D eigenvalue weighted by molar-refractivity contribution is 7.98. The number of hydrogen-bond acceptors (Lipinski definition) is 3. The van der Waals surface area contributed by atoms with Gasteiger partial charge < -0.3 is 9.64 Å². The monoisotopic (exact) mass is 525 g/mol. The van der Waals surface area contributed by atoms with Crippen LogP contribution in [-0.4, -0.2) is 29.0 Å². The summed E-state index contributed by atoms with van der Waals surface area (Å²) >= 11 is 1.81. The summed E-state index contributed by atoms with van der Waals surface area (Å²) in [7, 11) is 0. The third kappa shape index (κ3) is 5.82. The van der Waals surface area contributed by atoms with Crippen LogP contribution in [0.5, 0.6) is 5.75 Å².